The topological polar surface area (TPSA) is 9.23 Å². The Kier molecular flexibility index (Phi) is 5.44. The summed E-state index contributed by atoms with van der Waals surface area (Å²) >= 11 is 0. The van der Waals surface area contributed by atoms with Crippen molar-refractivity contribution in [1.82, 2.24) is 0 Å². The molecule has 8 atom stereocenters. The van der Waals surface area contributed by atoms with Gasteiger partial charge in [-0.05, 0) is 118 Å². The van der Waals surface area contributed by atoms with E-state index in [4.69, 9.17) is 4.74 Å². The molecular weight excluding hydrogens is 340 g/mol. The predicted octanol–water partition coefficient (Wildman–Crippen LogP) is 7.55. The molecule has 1 heteroatoms. The quantitative estimate of drug-likeness (QED) is 0.456. The lowest BCUT2D eigenvalue weighted by Crippen LogP contribution is -2.21. The van der Waals surface area contributed by atoms with Crippen LogP contribution in [0.25, 0.3) is 0 Å². The van der Waals surface area contributed by atoms with Gasteiger partial charge in [0, 0.05) is 6.61 Å². The Bertz CT molecular complexity index is 605. The summed E-state index contributed by atoms with van der Waals surface area (Å²) in [4.78, 5) is 0. The van der Waals surface area contributed by atoms with E-state index < -0.39 is 0 Å². The van der Waals surface area contributed by atoms with E-state index in [1.165, 1.54) is 70.6 Å². The second-order valence-electron chi connectivity index (χ2n) is 11.5. The van der Waals surface area contributed by atoms with Gasteiger partial charge in [-0.25, -0.2) is 0 Å². The lowest BCUT2D eigenvalue weighted by Gasteiger charge is -2.33. The van der Waals surface area contributed by atoms with Gasteiger partial charge in [-0.2, -0.15) is 0 Å². The second-order valence-corrected chi connectivity index (χ2v) is 11.5. The van der Waals surface area contributed by atoms with Crippen LogP contribution in [0.3, 0.4) is 0 Å². The van der Waals surface area contributed by atoms with Gasteiger partial charge in [0.1, 0.15) is 0 Å². The summed E-state index contributed by atoms with van der Waals surface area (Å²) in [7, 11) is 0. The lowest BCUT2D eigenvalue weighted by atomic mass is 9.72. The number of rotatable bonds is 3. The number of ether oxygens (including phenoxy) is 1. The van der Waals surface area contributed by atoms with Gasteiger partial charge in [-0.15, -0.1) is 0 Å². The lowest BCUT2D eigenvalue weighted by molar-refractivity contribution is 0.0254. The Labute approximate surface area is 174 Å². The van der Waals surface area contributed by atoms with Gasteiger partial charge in [-0.1, -0.05) is 38.3 Å². The van der Waals surface area contributed by atoms with Gasteiger partial charge in [0.2, 0.25) is 0 Å². The van der Waals surface area contributed by atoms with Crippen molar-refractivity contribution < 1.29 is 4.74 Å². The van der Waals surface area contributed by atoms with E-state index in [1.54, 1.807) is 12.8 Å². The first-order valence-electron chi connectivity index (χ1n) is 13.0. The highest BCUT2D eigenvalue weighted by atomic mass is 16.5. The molecule has 0 aromatic carbocycles. The Morgan fingerprint density at radius 3 is 2.68 bits per heavy atom. The molecule has 0 amide bonds. The third kappa shape index (κ3) is 3.23. The summed E-state index contributed by atoms with van der Waals surface area (Å²) in [6.07, 6.45) is 19.4. The Balaban J connectivity index is 1.35. The average Bonchev–Trinajstić information content (AvgIpc) is 3.22. The third-order valence-electron chi connectivity index (χ3n) is 10.3. The van der Waals surface area contributed by atoms with Gasteiger partial charge in [0.25, 0.3) is 0 Å². The molecule has 8 unspecified atom stereocenters. The molecule has 5 fully saturated rings. The van der Waals surface area contributed by atoms with Crippen molar-refractivity contribution in [2.45, 2.75) is 110 Å². The SMILES string of the molecule is CCCOC1CCC2C(C1)C21CCCC2CC/C(=C3\CCCC(C)C3C)C2C1. The van der Waals surface area contributed by atoms with Crippen LogP contribution in [0.15, 0.2) is 11.1 Å². The monoisotopic (exact) mass is 384 g/mol. The summed E-state index contributed by atoms with van der Waals surface area (Å²) in [6.45, 7) is 8.29. The fourth-order valence-electron chi connectivity index (χ4n) is 8.57. The maximum atomic E-state index is 6.21. The van der Waals surface area contributed by atoms with Crippen LogP contribution in [0.5, 0.6) is 0 Å². The smallest absolute Gasteiger partial charge is 0.0578 e. The van der Waals surface area contributed by atoms with Crippen LogP contribution in [0.4, 0.5) is 0 Å². The van der Waals surface area contributed by atoms with Crippen LogP contribution in [-0.2, 0) is 4.74 Å². The van der Waals surface area contributed by atoms with Crippen molar-refractivity contribution >= 4 is 0 Å². The molecule has 5 saturated carbocycles. The van der Waals surface area contributed by atoms with Crippen LogP contribution >= 0.6 is 0 Å². The van der Waals surface area contributed by atoms with E-state index in [1.807, 2.05) is 11.1 Å². The van der Waals surface area contributed by atoms with Crippen LogP contribution in [0.1, 0.15) is 104 Å². The molecule has 0 aromatic rings. The molecule has 0 bridgehead atoms. The van der Waals surface area contributed by atoms with E-state index in [9.17, 15) is 0 Å². The minimum Gasteiger partial charge on any atom is -0.378 e. The zero-order valence-corrected chi connectivity index (χ0v) is 18.8. The normalized spacial score (nSPS) is 50.9. The molecule has 0 radical (unpaired) electrons. The summed E-state index contributed by atoms with van der Waals surface area (Å²) in [6, 6.07) is 0. The van der Waals surface area contributed by atoms with Crippen LogP contribution in [0.2, 0.25) is 0 Å². The highest BCUT2D eigenvalue weighted by molar-refractivity contribution is 5.28. The maximum absolute atomic E-state index is 6.21. The van der Waals surface area contributed by atoms with E-state index in [2.05, 4.69) is 20.8 Å². The minimum absolute atomic E-state index is 0.584. The number of allylic oxidation sites excluding steroid dienone is 2. The molecule has 5 rings (SSSR count). The zero-order valence-electron chi connectivity index (χ0n) is 18.8. The number of hydrogen-bond acceptors (Lipinski definition) is 1. The summed E-state index contributed by atoms with van der Waals surface area (Å²) in [5, 5.41) is 0. The first-order chi connectivity index (χ1) is 13.6. The van der Waals surface area contributed by atoms with E-state index in [0.29, 0.717) is 6.10 Å². The number of hydrogen-bond donors (Lipinski definition) is 0. The largest absolute Gasteiger partial charge is 0.378 e. The Hall–Kier alpha value is -0.300. The zero-order chi connectivity index (χ0) is 19.3. The molecule has 28 heavy (non-hydrogen) atoms. The molecule has 158 valence electrons. The van der Waals surface area contributed by atoms with Gasteiger partial charge >= 0.3 is 0 Å². The van der Waals surface area contributed by atoms with Crippen molar-refractivity contribution in [2.24, 2.45) is 40.9 Å². The molecule has 0 heterocycles. The van der Waals surface area contributed by atoms with Gasteiger partial charge in [-0.3, -0.25) is 0 Å². The van der Waals surface area contributed by atoms with Crippen LogP contribution < -0.4 is 0 Å². The molecule has 5 aliphatic rings. The highest BCUT2D eigenvalue weighted by Gasteiger charge is 2.66. The second kappa shape index (κ2) is 7.75. The van der Waals surface area contributed by atoms with Crippen LogP contribution in [0, 0.1) is 40.9 Å². The van der Waals surface area contributed by atoms with E-state index in [0.717, 1.165) is 47.5 Å². The maximum Gasteiger partial charge on any atom is 0.0578 e. The third-order valence-corrected chi connectivity index (χ3v) is 10.3. The van der Waals surface area contributed by atoms with E-state index >= 15 is 0 Å². The first kappa shape index (κ1) is 19.7. The first-order valence-corrected chi connectivity index (χ1v) is 13.0. The standard InChI is InChI=1S/C27H44O/c1-4-15-28-21-11-13-25-26(16-21)27(25)14-6-8-20-10-12-23(24(20)17-27)22-9-5-7-18(2)19(22)3/h18-21,24-26H,4-17H2,1-3H3/b23-22-. The molecule has 1 spiro atoms. The fraction of sp³-hybridized carbons (Fsp3) is 0.926. The molecule has 5 aliphatic carbocycles. The van der Waals surface area contributed by atoms with Crippen LogP contribution in [-0.4, -0.2) is 12.7 Å². The average molecular weight is 385 g/mol. The molecule has 0 saturated heterocycles. The molecule has 0 aliphatic heterocycles. The van der Waals surface area contributed by atoms with Crippen molar-refractivity contribution in [2.75, 3.05) is 6.61 Å². The van der Waals surface area contributed by atoms with Gasteiger partial charge in [0.15, 0.2) is 0 Å². The van der Waals surface area contributed by atoms with Gasteiger partial charge in [0.05, 0.1) is 6.10 Å². The van der Waals surface area contributed by atoms with Crippen molar-refractivity contribution in [3.8, 4) is 0 Å². The Morgan fingerprint density at radius 1 is 0.929 bits per heavy atom. The Morgan fingerprint density at radius 2 is 1.82 bits per heavy atom. The summed E-state index contributed by atoms with van der Waals surface area (Å²) in [5.74, 6) is 5.83. The fourth-order valence-corrected chi connectivity index (χ4v) is 8.57. The molecule has 0 N–H and O–H groups in total. The molecule has 1 nitrogen and oxygen atoms in total. The minimum atomic E-state index is 0.584. The van der Waals surface area contributed by atoms with Crippen molar-refractivity contribution in [3.63, 3.8) is 0 Å². The summed E-state index contributed by atoms with van der Waals surface area (Å²) in [5.41, 5.74) is 4.66. The van der Waals surface area contributed by atoms with Gasteiger partial charge < -0.3 is 4.74 Å². The van der Waals surface area contributed by atoms with Crippen molar-refractivity contribution in [1.29, 1.82) is 0 Å². The summed E-state index contributed by atoms with van der Waals surface area (Å²) < 4.78 is 6.21. The molecular formula is C27H44O. The highest BCUT2D eigenvalue weighted by Crippen LogP contribution is 2.73. The van der Waals surface area contributed by atoms with E-state index in [-0.39, 0.29) is 0 Å². The predicted molar refractivity (Wildman–Crippen MR) is 117 cm³/mol. The number of fused-ring (bicyclic) bond motifs is 4. The molecule has 0 aromatic heterocycles. The van der Waals surface area contributed by atoms with Crippen molar-refractivity contribution in [3.05, 3.63) is 11.1 Å².